The Morgan fingerprint density at radius 3 is 2.33 bits per heavy atom. The fraction of sp³-hybridized carbons (Fsp3) is 0.526. The van der Waals surface area contributed by atoms with Crippen LogP contribution in [0.5, 0.6) is 0 Å². The summed E-state index contributed by atoms with van der Waals surface area (Å²) >= 11 is 0. The van der Waals surface area contributed by atoms with Crippen LogP contribution in [0, 0.1) is 0 Å². The second-order valence-corrected chi connectivity index (χ2v) is 9.06. The third-order valence-electron chi connectivity index (χ3n) is 4.98. The Morgan fingerprint density at radius 1 is 1.07 bits per heavy atom. The summed E-state index contributed by atoms with van der Waals surface area (Å²) in [4.78, 5) is 35.7. The molecule has 164 valence electrons. The molecule has 3 rings (SSSR count). The fourth-order valence-electron chi connectivity index (χ4n) is 3.37. The first-order valence-electron chi connectivity index (χ1n) is 9.82. The SMILES string of the molecule is O=C(COC(=O)c1ccc(S(=O)(=O)N2CCOCC2)cc1)NC(=O)NC1CCCC1. The number of urea groups is 1. The van der Waals surface area contributed by atoms with E-state index in [9.17, 15) is 22.8 Å². The zero-order valence-electron chi connectivity index (χ0n) is 16.5. The summed E-state index contributed by atoms with van der Waals surface area (Å²) in [5.41, 5.74) is 0.0964. The molecule has 2 aliphatic rings. The minimum absolute atomic E-state index is 0.0577. The number of carbonyl (C=O) groups is 3. The van der Waals surface area contributed by atoms with E-state index < -0.39 is 34.5 Å². The first-order valence-corrected chi connectivity index (χ1v) is 11.3. The molecule has 2 fully saturated rings. The molecule has 0 aromatic heterocycles. The van der Waals surface area contributed by atoms with Crippen LogP contribution < -0.4 is 10.6 Å². The van der Waals surface area contributed by atoms with E-state index in [-0.39, 0.29) is 29.6 Å². The third kappa shape index (κ3) is 5.77. The number of amides is 3. The summed E-state index contributed by atoms with van der Waals surface area (Å²) in [7, 11) is -3.66. The van der Waals surface area contributed by atoms with Crippen LogP contribution in [0.1, 0.15) is 36.0 Å². The van der Waals surface area contributed by atoms with E-state index in [1.54, 1.807) is 0 Å². The number of carbonyl (C=O) groups excluding carboxylic acids is 3. The molecule has 2 N–H and O–H groups in total. The maximum Gasteiger partial charge on any atom is 0.338 e. The highest BCUT2D eigenvalue weighted by Gasteiger charge is 2.26. The van der Waals surface area contributed by atoms with E-state index in [0.29, 0.717) is 13.2 Å². The maximum absolute atomic E-state index is 12.6. The Kier molecular flexibility index (Phi) is 7.40. The maximum atomic E-state index is 12.6. The number of morpholine rings is 1. The Labute approximate surface area is 174 Å². The molecule has 0 atom stereocenters. The highest BCUT2D eigenvalue weighted by Crippen LogP contribution is 2.18. The second kappa shape index (κ2) is 10.0. The van der Waals surface area contributed by atoms with Crippen LogP contribution in [0.25, 0.3) is 0 Å². The topological polar surface area (TPSA) is 131 Å². The predicted octanol–water partition coefficient (Wildman–Crippen LogP) is 0.633. The zero-order valence-corrected chi connectivity index (χ0v) is 17.3. The molecular formula is C19H25N3O7S. The van der Waals surface area contributed by atoms with Crippen molar-refractivity contribution in [2.24, 2.45) is 0 Å². The molecule has 0 unspecified atom stereocenters. The first-order chi connectivity index (χ1) is 14.4. The zero-order chi connectivity index (χ0) is 21.6. The van der Waals surface area contributed by atoms with Gasteiger partial charge in [0.15, 0.2) is 6.61 Å². The lowest BCUT2D eigenvalue weighted by atomic mass is 10.2. The van der Waals surface area contributed by atoms with Crippen molar-refractivity contribution >= 4 is 27.9 Å². The smallest absolute Gasteiger partial charge is 0.338 e. The van der Waals surface area contributed by atoms with Crippen molar-refractivity contribution in [3.05, 3.63) is 29.8 Å². The molecule has 10 nitrogen and oxygen atoms in total. The number of rotatable bonds is 6. The standard InChI is InChI=1S/C19H25N3O7S/c23-17(21-19(25)20-15-3-1-2-4-15)13-29-18(24)14-5-7-16(8-6-14)30(26,27)22-9-11-28-12-10-22/h5-8,15H,1-4,9-13H2,(H2,20,21,23,25). The first kappa shape index (κ1) is 22.2. The largest absolute Gasteiger partial charge is 0.452 e. The molecule has 3 amide bonds. The summed E-state index contributed by atoms with van der Waals surface area (Å²) in [6.07, 6.45) is 3.85. The van der Waals surface area contributed by atoms with E-state index in [1.165, 1.54) is 28.6 Å². The number of ether oxygens (including phenoxy) is 2. The van der Waals surface area contributed by atoms with Gasteiger partial charge in [0.2, 0.25) is 10.0 Å². The molecule has 1 saturated heterocycles. The molecule has 11 heteroatoms. The van der Waals surface area contributed by atoms with E-state index >= 15 is 0 Å². The van der Waals surface area contributed by atoms with Crippen molar-refractivity contribution in [2.75, 3.05) is 32.9 Å². The lowest BCUT2D eigenvalue weighted by Gasteiger charge is -2.26. The number of hydrogen-bond donors (Lipinski definition) is 2. The Balaban J connectivity index is 1.48. The second-order valence-electron chi connectivity index (χ2n) is 7.12. The summed E-state index contributed by atoms with van der Waals surface area (Å²) < 4.78 is 36.5. The van der Waals surface area contributed by atoms with E-state index in [0.717, 1.165) is 25.7 Å². The number of esters is 1. The summed E-state index contributed by atoms with van der Waals surface area (Å²) in [6.45, 7) is 0.602. The molecule has 0 spiro atoms. The van der Waals surface area contributed by atoms with Gasteiger partial charge in [-0.25, -0.2) is 18.0 Å². The van der Waals surface area contributed by atoms with Crippen LogP contribution in [0.15, 0.2) is 29.2 Å². The van der Waals surface area contributed by atoms with Crippen LogP contribution in [-0.2, 0) is 24.3 Å². The van der Waals surface area contributed by atoms with Crippen molar-refractivity contribution in [3.63, 3.8) is 0 Å². The van der Waals surface area contributed by atoms with Crippen LogP contribution in [0.2, 0.25) is 0 Å². The predicted molar refractivity (Wildman–Crippen MR) is 105 cm³/mol. The van der Waals surface area contributed by atoms with Crippen molar-refractivity contribution < 1.29 is 32.3 Å². The summed E-state index contributed by atoms with van der Waals surface area (Å²) in [6, 6.07) is 4.72. The number of nitrogens with zero attached hydrogens (tertiary/aromatic N) is 1. The van der Waals surface area contributed by atoms with Crippen molar-refractivity contribution in [3.8, 4) is 0 Å². The average Bonchev–Trinajstić information content (AvgIpc) is 3.25. The Morgan fingerprint density at radius 2 is 1.70 bits per heavy atom. The van der Waals surface area contributed by atoms with E-state index in [2.05, 4.69) is 10.6 Å². The average molecular weight is 439 g/mol. The minimum Gasteiger partial charge on any atom is -0.452 e. The molecule has 0 bridgehead atoms. The molecule has 1 aromatic carbocycles. The van der Waals surface area contributed by atoms with Gasteiger partial charge in [-0.15, -0.1) is 0 Å². The molecule has 1 aliphatic carbocycles. The Hall–Kier alpha value is -2.50. The van der Waals surface area contributed by atoms with Gasteiger partial charge in [0.1, 0.15) is 0 Å². The number of nitrogens with one attached hydrogen (secondary N) is 2. The van der Waals surface area contributed by atoms with Crippen LogP contribution >= 0.6 is 0 Å². The molecule has 1 heterocycles. The van der Waals surface area contributed by atoms with Crippen LogP contribution in [0.3, 0.4) is 0 Å². The number of hydrogen-bond acceptors (Lipinski definition) is 7. The normalized spacial score (nSPS) is 18.0. The van der Waals surface area contributed by atoms with E-state index in [1.807, 2.05) is 0 Å². The van der Waals surface area contributed by atoms with Gasteiger partial charge in [-0.1, -0.05) is 12.8 Å². The quantitative estimate of drug-likeness (QED) is 0.622. The molecule has 1 aromatic rings. The molecule has 1 saturated carbocycles. The van der Waals surface area contributed by atoms with Gasteiger partial charge in [0, 0.05) is 19.1 Å². The minimum atomic E-state index is -3.66. The van der Waals surface area contributed by atoms with Gasteiger partial charge in [-0.05, 0) is 37.1 Å². The van der Waals surface area contributed by atoms with Crippen LogP contribution in [0.4, 0.5) is 4.79 Å². The summed E-state index contributed by atoms with van der Waals surface area (Å²) in [5.74, 6) is -1.54. The third-order valence-corrected chi connectivity index (χ3v) is 6.89. The van der Waals surface area contributed by atoms with E-state index in [4.69, 9.17) is 9.47 Å². The molecule has 0 radical (unpaired) electrons. The van der Waals surface area contributed by atoms with Gasteiger partial charge in [0.25, 0.3) is 5.91 Å². The lowest BCUT2D eigenvalue weighted by Crippen LogP contribution is -2.45. The van der Waals surface area contributed by atoms with Gasteiger partial charge in [0.05, 0.1) is 23.7 Å². The van der Waals surface area contributed by atoms with Crippen LogP contribution in [-0.4, -0.2) is 69.6 Å². The summed E-state index contributed by atoms with van der Waals surface area (Å²) in [5, 5.41) is 4.81. The highest BCUT2D eigenvalue weighted by molar-refractivity contribution is 7.89. The number of imide groups is 1. The number of benzene rings is 1. The highest BCUT2D eigenvalue weighted by atomic mass is 32.2. The van der Waals surface area contributed by atoms with Crippen molar-refractivity contribution in [1.29, 1.82) is 0 Å². The molecular weight excluding hydrogens is 414 g/mol. The van der Waals surface area contributed by atoms with Crippen molar-refractivity contribution in [2.45, 2.75) is 36.6 Å². The Bertz CT molecular complexity index is 874. The monoisotopic (exact) mass is 439 g/mol. The number of sulfonamides is 1. The molecule has 30 heavy (non-hydrogen) atoms. The molecule has 1 aliphatic heterocycles. The van der Waals surface area contributed by atoms with Gasteiger partial charge in [-0.3, -0.25) is 10.1 Å². The lowest BCUT2D eigenvalue weighted by molar-refractivity contribution is -0.123. The van der Waals surface area contributed by atoms with Crippen molar-refractivity contribution in [1.82, 2.24) is 14.9 Å². The van der Waals surface area contributed by atoms with Gasteiger partial charge < -0.3 is 14.8 Å². The van der Waals surface area contributed by atoms with Gasteiger partial charge in [-0.2, -0.15) is 4.31 Å². The van der Waals surface area contributed by atoms with Gasteiger partial charge >= 0.3 is 12.0 Å². The fourth-order valence-corrected chi connectivity index (χ4v) is 4.78.